The molecule has 1 aromatic heterocycles. The van der Waals surface area contributed by atoms with Crippen LogP contribution < -0.4 is 20.1 Å². The molecular weight excluding hydrogens is 478 g/mol. The lowest BCUT2D eigenvalue weighted by Gasteiger charge is -2.13. The molecule has 0 fully saturated rings. The molecule has 0 aliphatic carbocycles. The Morgan fingerprint density at radius 1 is 0.895 bits per heavy atom. The minimum Gasteiger partial charge on any atom is -0.458 e. The van der Waals surface area contributed by atoms with Crippen LogP contribution in [0.15, 0.2) is 72.8 Å². The molecule has 0 unspecified atom stereocenters. The van der Waals surface area contributed by atoms with Gasteiger partial charge in [-0.1, -0.05) is 66.6 Å². The van der Waals surface area contributed by atoms with Crippen LogP contribution in [0.3, 0.4) is 0 Å². The van der Waals surface area contributed by atoms with Gasteiger partial charge >= 0.3 is 12.0 Å². The molecule has 1 amide bonds. The molecule has 1 heterocycles. The molecule has 0 spiro atoms. The molecule has 4 aromatic rings. The molecule has 4 rings (SSSR count). The average Bonchev–Trinajstić information content (AvgIpc) is 2.94. The summed E-state index contributed by atoms with van der Waals surface area (Å²) in [6, 6.07) is 24.1. The quantitative estimate of drug-likeness (QED) is 0.227. The van der Waals surface area contributed by atoms with Crippen molar-refractivity contribution in [2.24, 2.45) is 0 Å². The SMILES string of the molecule is C#Cc1cccc(COc2nc(NCCNC(C)=O)nc(OCc3cccc(-c4ccccc4)c3C)n2)c1. The first kappa shape index (κ1) is 26.2. The molecule has 0 radical (unpaired) electrons. The third-order valence-corrected chi connectivity index (χ3v) is 5.73. The smallest absolute Gasteiger partial charge is 0.324 e. The molecular formula is C30H29N5O3. The average molecular weight is 508 g/mol. The summed E-state index contributed by atoms with van der Waals surface area (Å²) in [7, 11) is 0. The first-order valence-electron chi connectivity index (χ1n) is 12.2. The van der Waals surface area contributed by atoms with Gasteiger partial charge in [-0.05, 0) is 46.9 Å². The molecule has 0 saturated carbocycles. The Labute approximate surface area is 222 Å². The van der Waals surface area contributed by atoms with Gasteiger partial charge in [0.25, 0.3) is 0 Å². The minimum atomic E-state index is -0.113. The maximum atomic E-state index is 11.2. The summed E-state index contributed by atoms with van der Waals surface area (Å²) in [6.07, 6.45) is 5.50. The fourth-order valence-corrected chi connectivity index (χ4v) is 3.77. The topological polar surface area (TPSA) is 98.3 Å². The normalized spacial score (nSPS) is 10.3. The fourth-order valence-electron chi connectivity index (χ4n) is 3.77. The number of anilines is 1. The molecule has 0 aliphatic rings. The van der Waals surface area contributed by atoms with Crippen LogP contribution in [0.5, 0.6) is 12.0 Å². The molecule has 0 saturated heterocycles. The summed E-state index contributed by atoms with van der Waals surface area (Å²) >= 11 is 0. The highest BCUT2D eigenvalue weighted by atomic mass is 16.5. The van der Waals surface area contributed by atoms with Crippen LogP contribution in [0.2, 0.25) is 0 Å². The molecule has 2 N–H and O–H groups in total. The van der Waals surface area contributed by atoms with Gasteiger partial charge in [0.1, 0.15) is 13.2 Å². The van der Waals surface area contributed by atoms with E-state index in [0.717, 1.165) is 33.4 Å². The zero-order valence-corrected chi connectivity index (χ0v) is 21.4. The number of hydrogen-bond donors (Lipinski definition) is 2. The van der Waals surface area contributed by atoms with Crippen molar-refractivity contribution < 1.29 is 14.3 Å². The number of benzene rings is 3. The van der Waals surface area contributed by atoms with Gasteiger partial charge in [-0.3, -0.25) is 4.79 Å². The number of aromatic nitrogens is 3. The highest BCUT2D eigenvalue weighted by molar-refractivity contribution is 5.72. The molecule has 0 atom stereocenters. The Kier molecular flexibility index (Phi) is 8.87. The highest BCUT2D eigenvalue weighted by Gasteiger charge is 2.12. The number of nitrogens with one attached hydrogen (secondary N) is 2. The Balaban J connectivity index is 1.50. The molecule has 38 heavy (non-hydrogen) atoms. The molecule has 0 bridgehead atoms. The lowest BCUT2D eigenvalue weighted by atomic mass is 9.97. The summed E-state index contributed by atoms with van der Waals surface area (Å²) in [6.45, 7) is 4.86. The van der Waals surface area contributed by atoms with E-state index in [1.165, 1.54) is 6.92 Å². The maximum absolute atomic E-state index is 11.2. The van der Waals surface area contributed by atoms with Crippen LogP contribution in [-0.4, -0.2) is 33.9 Å². The second-order valence-corrected chi connectivity index (χ2v) is 8.51. The first-order chi connectivity index (χ1) is 18.5. The molecule has 0 aliphatic heterocycles. The van der Waals surface area contributed by atoms with Gasteiger partial charge in [0.2, 0.25) is 11.9 Å². The standard InChI is InChI=1S/C30H29N5O3/c1-4-23-10-8-11-24(18-23)19-37-29-33-28(32-17-16-31-22(3)36)34-30(35-29)38-20-26-14-9-15-27(21(26)2)25-12-6-5-7-13-25/h1,5-15,18H,16-17,19-20H2,2-3H3,(H,31,36)(H,32,33,34,35). The number of ether oxygens (including phenoxy) is 2. The number of amides is 1. The highest BCUT2D eigenvalue weighted by Crippen LogP contribution is 2.26. The van der Waals surface area contributed by atoms with Crippen LogP contribution >= 0.6 is 0 Å². The number of terminal acetylenes is 1. The monoisotopic (exact) mass is 507 g/mol. The Hall–Kier alpha value is -4.90. The van der Waals surface area contributed by atoms with Crippen molar-refractivity contribution in [3.63, 3.8) is 0 Å². The van der Waals surface area contributed by atoms with Crippen molar-refractivity contribution >= 4 is 11.9 Å². The van der Waals surface area contributed by atoms with E-state index < -0.39 is 0 Å². The van der Waals surface area contributed by atoms with Gasteiger partial charge in [0, 0.05) is 25.6 Å². The lowest BCUT2D eigenvalue weighted by molar-refractivity contribution is -0.118. The zero-order valence-electron chi connectivity index (χ0n) is 21.4. The lowest BCUT2D eigenvalue weighted by Crippen LogP contribution is -2.26. The van der Waals surface area contributed by atoms with Crippen molar-refractivity contribution in [3.05, 3.63) is 95.1 Å². The maximum Gasteiger partial charge on any atom is 0.324 e. The van der Waals surface area contributed by atoms with Crippen molar-refractivity contribution in [1.82, 2.24) is 20.3 Å². The number of carbonyl (C=O) groups is 1. The number of rotatable bonds is 11. The predicted molar refractivity (Wildman–Crippen MR) is 147 cm³/mol. The van der Waals surface area contributed by atoms with Gasteiger partial charge in [-0.25, -0.2) is 0 Å². The van der Waals surface area contributed by atoms with Crippen LogP contribution in [-0.2, 0) is 18.0 Å². The summed E-state index contributed by atoms with van der Waals surface area (Å²) in [5.41, 5.74) is 6.06. The Morgan fingerprint density at radius 2 is 1.63 bits per heavy atom. The summed E-state index contributed by atoms with van der Waals surface area (Å²) in [4.78, 5) is 24.2. The third kappa shape index (κ3) is 7.31. The third-order valence-electron chi connectivity index (χ3n) is 5.73. The van der Waals surface area contributed by atoms with E-state index in [1.807, 2.05) is 54.6 Å². The zero-order chi connectivity index (χ0) is 26.7. The van der Waals surface area contributed by atoms with Crippen LogP contribution in [0.4, 0.5) is 5.95 Å². The van der Waals surface area contributed by atoms with Crippen molar-refractivity contribution in [1.29, 1.82) is 0 Å². The molecule has 8 heteroatoms. The summed E-state index contributed by atoms with van der Waals surface area (Å²) in [5.74, 6) is 2.78. The predicted octanol–water partition coefficient (Wildman–Crippen LogP) is 4.53. The summed E-state index contributed by atoms with van der Waals surface area (Å²) in [5, 5.41) is 5.80. The van der Waals surface area contributed by atoms with E-state index in [1.54, 1.807) is 0 Å². The van der Waals surface area contributed by atoms with E-state index >= 15 is 0 Å². The van der Waals surface area contributed by atoms with E-state index in [0.29, 0.717) is 13.1 Å². The van der Waals surface area contributed by atoms with Gasteiger partial charge in [0.05, 0.1) is 0 Å². The number of nitrogens with zero attached hydrogens (tertiary/aromatic N) is 3. The van der Waals surface area contributed by atoms with E-state index in [9.17, 15) is 4.79 Å². The van der Waals surface area contributed by atoms with Crippen LogP contribution in [0.1, 0.15) is 29.2 Å². The fraction of sp³-hybridized carbons (Fsp3) is 0.200. The van der Waals surface area contributed by atoms with Crippen LogP contribution in [0, 0.1) is 19.3 Å². The van der Waals surface area contributed by atoms with Crippen molar-refractivity contribution in [2.45, 2.75) is 27.1 Å². The van der Waals surface area contributed by atoms with E-state index in [2.05, 4.69) is 56.6 Å². The molecule has 3 aromatic carbocycles. The summed E-state index contributed by atoms with van der Waals surface area (Å²) < 4.78 is 11.8. The van der Waals surface area contributed by atoms with Crippen LogP contribution in [0.25, 0.3) is 11.1 Å². The van der Waals surface area contributed by atoms with Crippen molar-refractivity contribution in [3.8, 4) is 35.5 Å². The largest absolute Gasteiger partial charge is 0.458 e. The Morgan fingerprint density at radius 3 is 2.37 bits per heavy atom. The number of carbonyl (C=O) groups excluding carboxylic acids is 1. The van der Waals surface area contributed by atoms with Gasteiger partial charge < -0.3 is 20.1 Å². The Bertz CT molecular complexity index is 1430. The van der Waals surface area contributed by atoms with Gasteiger partial charge in [-0.15, -0.1) is 11.4 Å². The van der Waals surface area contributed by atoms with E-state index in [-0.39, 0.29) is 37.1 Å². The minimum absolute atomic E-state index is 0.109. The van der Waals surface area contributed by atoms with E-state index in [4.69, 9.17) is 15.9 Å². The molecule has 192 valence electrons. The second kappa shape index (κ2) is 12.9. The first-order valence-corrected chi connectivity index (χ1v) is 12.2. The second-order valence-electron chi connectivity index (χ2n) is 8.51. The number of hydrogen-bond acceptors (Lipinski definition) is 7. The van der Waals surface area contributed by atoms with Gasteiger partial charge in [0.15, 0.2) is 0 Å². The van der Waals surface area contributed by atoms with Gasteiger partial charge in [-0.2, -0.15) is 9.97 Å². The van der Waals surface area contributed by atoms with Crippen molar-refractivity contribution in [2.75, 3.05) is 18.4 Å². The molecule has 8 nitrogen and oxygen atoms in total.